The molecule has 0 saturated heterocycles. The fourth-order valence-electron chi connectivity index (χ4n) is 2.08. The first-order valence-corrected chi connectivity index (χ1v) is 8.32. The first kappa shape index (κ1) is 14.2. The maximum atomic E-state index is 12.1. The van der Waals surface area contributed by atoms with Gasteiger partial charge in [0, 0.05) is 18.2 Å². The van der Waals surface area contributed by atoms with E-state index in [1.807, 2.05) is 17.0 Å². The summed E-state index contributed by atoms with van der Waals surface area (Å²) in [4.78, 5) is 18.4. The van der Waals surface area contributed by atoms with Crippen LogP contribution in [-0.4, -0.2) is 29.1 Å². The van der Waals surface area contributed by atoms with Crippen LogP contribution in [0, 0.1) is 5.92 Å². The Labute approximate surface area is 132 Å². The van der Waals surface area contributed by atoms with Crippen LogP contribution >= 0.6 is 35.0 Å². The normalized spacial score (nSPS) is 18.3. The first-order chi connectivity index (χ1) is 9.65. The summed E-state index contributed by atoms with van der Waals surface area (Å²) >= 11 is 13.5. The van der Waals surface area contributed by atoms with Crippen molar-refractivity contribution in [1.29, 1.82) is 0 Å². The second-order valence-corrected chi connectivity index (χ2v) is 6.72. The molecule has 1 aliphatic carbocycles. The Kier molecular flexibility index (Phi) is 4.24. The minimum absolute atomic E-state index is 0.239. The van der Waals surface area contributed by atoms with E-state index in [1.165, 1.54) is 0 Å². The van der Waals surface area contributed by atoms with Crippen LogP contribution in [0.5, 0.6) is 0 Å². The third-order valence-electron chi connectivity index (χ3n) is 3.35. The van der Waals surface area contributed by atoms with Crippen molar-refractivity contribution in [1.82, 2.24) is 4.90 Å². The number of benzene rings is 1. The van der Waals surface area contributed by atoms with Crippen LogP contribution in [0.25, 0.3) is 0 Å². The number of hydrogen-bond donors (Lipinski definition) is 0. The number of hydrogen-bond acceptors (Lipinski definition) is 3. The highest BCUT2D eigenvalue weighted by Crippen LogP contribution is 2.33. The average Bonchev–Trinajstić information content (AvgIpc) is 3.18. The molecule has 0 unspecified atom stereocenters. The maximum Gasteiger partial charge on any atom is 0.231 e. The largest absolute Gasteiger partial charge is 0.289 e. The summed E-state index contributed by atoms with van der Waals surface area (Å²) in [7, 11) is 0. The van der Waals surface area contributed by atoms with Gasteiger partial charge in [-0.25, -0.2) is 0 Å². The molecule has 1 amide bonds. The number of aliphatic imine (C=N–C) groups is 1. The van der Waals surface area contributed by atoms with E-state index in [0.29, 0.717) is 16.6 Å². The van der Waals surface area contributed by atoms with Crippen molar-refractivity contribution in [2.75, 3.05) is 13.1 Å². The van der Waals surface area contributed by atoms with Crippen molar-refractivity contribution in [3.05, 3.63) is 33.8 Å². The minimum atomic E-state index is 0.239. The highest BCUT2D eigenvalue weighted by Gasteiger charge is 2.36. The lowest BCUT2D eigenvalue weighted by Crippen LogP contribution is -2.33. The summed E-state index contributed by atoms with van der Waals surface area (Å²) in [5, 5.41) is 1.96. The number of nitrogens with zero attached hydrogens (tertiary/aromatic N) is 2. The van der Waals surface area contributed by atoms with Gasteiger partial charge in [0.25, 0.3) is 0 Å². The zero-order valence-electron chi connectivity index (χ0n) is 10.8. The molecule has 1 aromatic carbocycles. The second-order valence-electron chi connectivity index (χ2n) is 4.97. The Morgan fingerprint density at radius 3 is 2.85 bits per heavy atom. The van der Waals surface area contributed by atoms with E-state index in [0.717, 1.165) is 35.9 Å². The molecule has 20 heavy (non-hydrogen) atoms. The van der Waals surface area contributed by atoms with Crippen molar-refractivity contribution < 1.29 is 4.79 Å². The SMILES string of the molecule is O=C(C1CC1)N1CCN=C1SCc1ccc(Cl)c(Cl)c1. The molecule has 1 saturated carbocycles. The van der Waals surface area contributed by atoms with Crippen LogP contribution in [0.2, 0.25) is 10.0 Å². The molecule has 1 aliphatic heterocycles. The molecule has 3 nitrogen and oxygen atoms in total. The Morgan fingerprint density at radius 2 is 2.15 bits per heavy atom. The molecule has 1 heterocycles. The average molecular weight is 329 g/mol. The number of halogens is 2. The molecule has 106 valence electrons. The van der Waals surface area contributed by atoms with Crippen molar-refractivity contribution in [2.45, 2.75) is 18.6 Å². The summed E-state index contributed by atoms with van der Waals surface area (Å²) in [5.74, 6) is 1.22. The fourth-order valence-corrected chi connectivity index (χ4v) is 3.40. The van der Waals surface area contributed by atoms with Gasteiger partial charge in [0.15, 0.2) is 5.17 Å². The van der Waals surface area contributed by atoms with E-state index in [-0.39, 0.29) is 11.8 Å². The van der Waals surface area contributed by atoms with Crippen LogP contribution in [0.1, 0.15) is 18.4 Å². The smallest absolute Gasteiger partial charge is 0.231 e. The van der Waals surface area contributed by atoms with Gasteiger partial charge in [0.1, 0.15) is 0 Å². The third kappa shape index (κ3) is 3.13. The molecule has 0 aromatic heterocycles. The topological polar surface area (TPSA) is 32.7 Å². The molecule has 1 fully saturated rings. The molecular formula is C14H14Cl2N2OS. The summed E-state index contributed by atoms with van der Waals surface area (Å²) in [6.07, 6.45) is 2.06. The van der Waals surface area contributed by atoms with Crippen molar-refractivity contribution in [2.24, 2.45) is 10.9 Å². The number of thioether (sulfide) groups is 1. The van der Waals surface area contributed by atoms with E-state index in [1.54, 1.807) is 17.8 Å². The van der Waals surface area contributed by atoms with Crippen LogP contribution < -0.4 is 0 Å². The second kappa shape index (κ2) is 5.96. The van der Waals surface area contributed by atoms with Gasteiger partial charge in [-0.1, -0.05) is 41.0 Å². The van der Waals surface area contributed by atoms with E-state index >= 15 is 0 Å². The summed E-state index contributed by atoms with van der Waals surface area (Å²) < 4.78 is 0. The molecular weight excluding hydrogens is 315 g/mol. The minimum Gasteiger partial charge on any atom is -0.289 e. The zero-order valence-corrected chi connectivity index (χ0v) is 13.1. The molecule has 3 rings (SSSR count). The molecule has 0 atom stereocenters. The standard InChI is InChI=1S/C14H14Cl2N2OS/c15-11-4-1-9(7-12(11)16)8-20-14-17-5-6-18(14)13(19)10-2-3-10/h1,4,7,10H,2-3,5-6,8H2. The predicted molar refractivity (Wildman–Crippen MR) is 84.5 cm³/mol. The monoisotopic (exact) mass is 328 g/mol. The lowest BCUT2D eigenvalue weighted by atomic mass is 10.2. The molecule has 0 bridgehead atoms. The van der Waals surface area contributed by atoms with E-state index in [9.17, 15) is 4.79 Å². The summed E-state index contributed by atoms with van der Waals surface area (Å²) in [6.45, 7) is 1.43. The Morgan fingerprint density at radius 1 is 1.35 bits per heavy atom. The number of carbonyl (C=O) groups is 1. The quantitative estimate of drug-likeness (QED) is 0.844. The van der Waals surface area contributed by atoms with Gasteiger partial charge >= 0.3 is 0 Å². The molecule has 6 heteroatoms. The Balaban J connectivity index is 1.62. The first-order valence-electron chi connectivity index (χ1n) is 6.57. The predicted octanol–water partition coefficient (Wildman–Crippen LogP) is 3.83. The van der Waals surface area contributed by atoms with E-state index in [2.05, 4.69) is 4.99 Å². The van der Waals surface area contributed by atoms with Crippen molar-refractivity contribution in [3.8, 4) is 0 Å². The van der Waals surface area contributed by atoms with E-state index in [4.69, 9.17) is 23.2 Å². The molecule has 0 spiro atoms. The lowest BCUT2D eigenvalue weighted by Gasteiger charge is -2.17. The van der Waals surface area contributed by atoms with Crippen LogP contribution in [0.4, 0.5) is 0 Å². The molecule has 2 aliphatic rings. The summed E-state index contributed by atoms with van der Waals surface area (Å²) in [5.41, 5.74) is 1.08. The number of amides is 1. The fraction of sp³-hybridized carbons (Fsp3) is 0.429. The van der Waals surface area contributed by atoms with Gasteiger partial charge in [-0.15, -0.1) is 0 Å². The highest BCUT2D eigenvalue weighted by molar-refractivity contribution is 8.13. The number of rotatable bonds is 3. The number of carbonyl (C=O) groups excluding carboxylic acids is 1. The Bertz CT molecular complexity index is 572. The van der Waals surface area contributed by atoms with Gasteiger partial charge in [-0.2, -0.15) is 0 Å². The van der Waals surface area contributed by atoms with Crippen LogP contribution in [0.15, 0.2) is 23.2 Å². The van der Waals surface area contributed by atoms with Gasteiger partial charge in [0.05, 0.1) is 16.6 Å². The lowest BCUT2D eigenvalue weighted by molar-refractivity contribution is -0.128. The van der Waals surface area contributed by atoms with Crippen LogP contribution in [-0.2, 0) is 10.5 Å². The van der Waals surface area contributed by atoms with Crippen molar-refractivity contribution >= 4 is 46.0 Å². The van der Waals surface area contributed by atoms with Gasteiger partial charge in [0.2, 0.25) is 5.91 Å². The van der Waals surface area contributed by atoms with E-state index < -0.39 is 0 Å². The van der Waals surface area contributed by atoms with Crippen molar-refractivity contribution in [3.63, 3.8) is 0 Å². The van der Waals surface area contributed by atoms with Gasteiger partial charge < -0.3 is 0 Å². The molecule has 1 aromatic rings. The Hall–Kier alpha value is -0.710. The van der Waals surface area contributed by atoms with Gasteiger partial charge in [-0.3, -0.25) is 14.7 Å². The molecule has 0 N–H and O–H groups in total. The maximum absolute atomic E-state index is 12.1. The third-order valence-corrected chi connectivity index (χ3v) is 5.17. The number of amidine groups is 1. The van der Waals surface area contributed by atoms with Crippen LogP contribution in [0.3, 0.4) is 0 Å². The molecule has 0 radical (unpaired) electrons. The zero-order chi connectivity index (χ0) is 14.1. The van der Waals surface area contributed by atoms with Gasteiger partial charge in [-0.05, 0) is 30.5 Å². The summed E-state index contributed by atoms with van der Waals surface area (Å²) in [6, 6.07) is 5.60. The highest BCUT2D eigenvalue weighted by atomic mass is 35.5.